The molecule has 0 spiro atoms. The summed E-state index contributed by atoms with van der Waals surface area (Å²) in [6, 6.07) is 10.2. The zero-order chi connectivity index (χ0) is 17.1. The van der Waals surface area contributed by atoms with E-state index in [4.69, 9.17) is 11.6 Å². The van der Waals surface area contributed by atoms with Gasteiger partial charge in [0.2, 0.25) is 5.91 Å². The Morgan fingerprint density at radius 2 is 2.08 bits per heavy atom. The normalized spacial score (nSPS) is 11.0. The maximum atomic E-state index is 14.2. The summed E-state index contributed by atoms with van der Waals surface area (Å²) < 4.78 is 16.0. The van der Waals surface area contributed by atoms with E-state index >= 15 is 0 Å². The summed E-state index contributed by atoms with van der Waals surface area (Å²) in [6.07, 6.45) is 2.75. The number of imidazole rings is 1. The van der Waals surface area contributed by atoms with E-state index in [0.717, 1.165) is 5.56 Å². The van der Waals surface area contributed by atoms with E-state index in [1.165, 1.54) is 6.07 Å². The Kier molecular flexibility index (Phi) is 4.81. The molecule has 3 aromatic rings. The Morgan fingerprint density at radius 1 is 1.29 bits per heavy atom. The van der Waals surface area contributed by atoms with Crippen LogP contribution in [-0.2, 0) is 4.79 Å². The Hall–Kier alpha value is -2.40. The molecule has 1 N–H and O–H groups in total. The molecule has 1 amide bonds. The van der Waals surface area contributed by atoms with Gasteiger partial charge in [0.1, 0.15) is 23.0 Å². The molecule has 2 heterocycles. The van der Waals surface area contributed by atoms with Crippen LogP contribution in [0.15, 0.2) is 42.6 Å². The van der Waals surface area contributed by atoms with Crippen molar-refractivity contribution in [3.8, 4) is 11.3 Å². The van der Waals surface area contributed by atoms with Gasteiger partial charge in [-0.3, -0.25) is 9.20 Å². The number of hydrogen-bond donors (Lipinski definition) is 1. The van der Waals surface area contributed by atoms with Crippen LogP contribution in [-0.4, -0.2) is 21.2 Å². The predicted molar refractivity (Wildman–Crippen MR) is 93.9 cm³/mol. The first-order valence-electron chi connectivity index (χ1n) is 7.69. The largest absolute Gasteiger partial charge is 0.310 e. The third kappa shape index (κ3) is 3.26. The molecule has 124 valence electrons. The monoisotopic (exact) mass is 345 g/mol. The average Bonchev–Trinajstić information content (AvgIpc) is 2.91. The zero-order valence-electron chi connectivity index (χ0n) is 13.2. The van der Waals surface area contributed by atoms with Crippen molar-refractivity contribution in [2.24, 2.45) is 0 Å². The molecule has 0 saturated carbocycles. The first kappa shape index (κ1) is 16.5. The van der Waals surface area contributed by atoms with Crippen LogP contribution in [0.3, 0.4) is 0 Å². The van der Waals surface area contributed by atoms with Gasteiger partial charge in [-0.2, -0.15) is 0 Å². The zero-order valence-corrected chi connectivity index (χ0v) is 14.0. The van der Waals surface area contributed by atoms with Crippen LogP contribution < -0.4 is 5.32 Å². The molecule has 0 bridgehead atoms. The van der Waals surface area contributed by atoms with Crippen LogP contribution in [0.5, 0.6) is 0 Å². The number of benzene rings is 1. The topological polar surface area (TPSA) is 46.4 Å². The molecule has 0 fully saturated rings. The van der Waals surface area contributed by atoms with Gasteiger partial charge in [-0.05, 0) is 37.1 Å². The number of anilines is 1. The SMILES string of the molecule is Cc1ccc2nc(-c3ccccc3F)c(NC(=O)CCCCl)n2c1. The number of amides is 1. The molecular weight excluding hydrogens is 329 g/mol. The van der Waals surface area contributed by atoms with Gasteiger partial charge >= 0.3 is 0 Å². The number of carbonyl (C=O) groups is 1. The summed E-state index contributed by atoms with van der Waals surface area (Å²) in [7, 11) is 0. The maximum Gasteiger partial charge on any atom is 0.225 e. The Morgan fingerprint density at radius 3 is 2.83 bits per heavy atom. The first-order valence-corrected chi connectivity index (χ1v) is 8.23. The van der Waals surface area contributed by atoms with E-state index in [1.807, 2.05) is 25.3 Å². The van der Waals surface area contributed by atoms with Gasteiger partial charge in [-0.15, -0.1) is 11.6 Å². The van der Waals surface area contributed by atoms with E-state index in [0.29, 0.717) is 41.4 Å². The van der Waals surface area contributed by atoms with Crippen LogP contribution in [0.1, 0.15) is 18.4 Å². The quantitative estimate of drug-likeness (QED) is 0.696. The summed E-state index contributed by atoms with van der Waals surface area (Å²) >= 11 is 5.64. The highest BCUT2D eigenvalue weighted by molar-refractivity contribution is 6.18. The van der Waals surface area contributed by atoms with E-state index in [9.17, 15) is 9.18 Å². The van der Waals surface area contributed by atoms with Crippen molar-refractivity contribution in [2.45, 2.75) is 19.8 Å². The van der Waals surface area contributed by atoms with Gasteiger partial charge in [0, 0.05) is 24.1 Å². The van der Waals surface area contributed by atoms with Crippen molar-refractivity contribution < 1.29 is 9.18 Å². The molecule has 24 heavy (non-hydrogen) atoms. The fourth-order valence-electron chi connectivity index (χ4n) is 2.53. The molecular formula is C18H17ClFN3O. The second kappa shape index (κ2) is 7.01. The first-order chi connectivity index (χ1) is 11.6. The summed E-state index contributed by atoms with van der Waals surface area (Å²) in [5.74, 6) is 0.337. The Bertz CT molecular complexity index is 891. The minimum atomic E-state index is -0.381. The van der Waals surface area contributed by atoms with Crippen molar-refractivity contribution >= 4 is 29.0 Å². The number of alkyl halides is 1. The highest BCUT2D eigenvalue weighted by Crippen LogP contribution is 2.31. The fourth-order valence-corrected chi connectivity index (χ4v) is 2.67. The average molecular weight is 346 g/mol. The van der Waals surface area contributed by atoms with Gasteiger partial charge < -0.3 is 5.32 Å². The summed E-state index contributed by atoms with van der Waals surface area (Å²) in [6.45, 7) is 1.95. The molecule has 0 radical (unpaired) electrons. The molecule has 0 aliphatic rings. The Labute approximate surface area is 144 Å². The lowest BCUT2D eigenvalue weighted by atomic mass is 10.1. The number of rotatable bonds is 5. The third-order valence-corrected chi connectivity index (χ3v) is 3.96. The van der Waals surface area contributed by atoms with E-state index in [-0.39, 0.29) is 11.7 Å². The van der Waals surface area contributed by atoms with Gasteiger partial charge in [-0.1, -0.05) is 18.2 Å². The van der Waals surface area contributed by atoms with Gasteiger partial charge in [0.15, 0.2) is 0 Å². The van der Waals surface area contributed by atoms with Crippen LogP contribution in [0.25, 0.3) is 16.9 Å². The van der Waals surface area contributed by atoms with E-state index in [2.05, 4.69) is 10.3 Å². The highest BCUT2D eigenvalue weighted by atomic mass is 35.5. The lowest BCUT2D eigenvalue weighted by molar-refractivity contribution is -0.116. The molecule has 2 aromatic heterocycles. The van der Waals surface area contributed by atoms with Crippen LogP contribution in [0.2, 0.25) is 0 Å². The minimum Gasteiger partial charge on any atom is -0.310 e. The molecule has 3 rings (SSSR count). The van der Waals surface area contributed by atoms with Gasteiger partial charge in [-0.25, -0.2) is 9.37 Å². The second-order valence-corrected chi connectivity index (χ2v) is 5.94. The lowest BCUT2D eigenvalue weighted by Crippen LogP contribution is -2.13. The number of aryl methyl sites for hydroxylation is 1. The number of halogens is 2. The predicted octanol–water partition coefficient (Wildman–Crippen LogP) is 4.41. The fraction of sp³-hybridized carbons (Fsp3) is 0.222. The summed E-state index contributed by atoms with van der Waals surface area (Å²) in [4.78, 5) is 16.7. The van der Waals surface area contributed by atoms with Gasteiger partial charge in [0.25, 0.3) is 0 Å². The van der Waals surface area contributed by atoms with Crippen molar-refractivity contribution in [3.63, 3.8) is 0 Å². The second-order valence-electron chi connectivity index (χ2n) is 5.56. The molecule has 1 aromatic carbocycles. The lowest BCUT2D eigenvalue weighted by Gasteiger charge is -2.08. The van der Waals surface area contributed by atoms with Gasteiger partial charge in [0.05, 0.1) is 0 Å². The van der Waals surface area contributed by atoms with Crippen LogP contribution in [0, 0.1) is 12.7 Å². The van der Waals surface area contributed by atoms with E-state index in [1.54, 1.807) is 22.6 Å². The summed E-state index contributed by atoms with van der Waals surface area (Å²) in [5.41, 5.74) is 2.42. The molecule has 4 nitrogen and oxygen atoms in total. The number of fused-ring (bicyclic) bond motifs is 1. The van der Waals surface area contributed by atoms with Crippen LogP contribution >= 0.6 is 11.6 Å². The molecule has 0 saturated heterocycles. The molecule has 0 aliphatic heterocycles. The number of carbonyl (C=O) groups excluding carboxylic acids is 1. The number of hydrogen-bond acceptors (Lipinski definition) is 2. The van der Waals surface area contributed by atoms with Crippen molar-refractivity contribution in [2.75, 3.05) is 11.2 Å². The van der Waals surface area contributed by atoms with Crippen molar-refractivity contribution in [1.82, 2.24) is 9.38 Å². The van der Waals surface area contributed by atoms with Crippen molar-refractivity contribution in [3.05, 3.63) is 54.0 Å². The molecule has 0 atom stereocenters. The Balaban J connectivity index is 2.12. The smallest absolute Gasteiger partial charge is 0.225 e. The number of nitrogens with zero attached hydrogens (tertiary/aromatic N) is 2. The third-order valence-electron chi connectivity index (χ3n) is 3.69. The molecule has 0 aliphatic carbocycles. The van der Waals surface area contributed by atoms with E-state index < -0.39 is 0 Å². The summed E-state index contributed by atoms with van der Waals surface area (Å²) in [5, 5.41) is 2.86. The highest BCUT2D eigenvalue weighted by Gasteiger charge is 2.18. The standard InChI is InChI=1S/C18H17ClFN3O/c1-12-8-9-15-21-17(13-5-2-3-6-14(13)20)18(23(15)11-12)22-16(24)7-4-10-19/h2-3,5-6,8-9,11H,4,7,10H2,1H3,(H,22,24). The molecule has 6 heteroatoms. The maximum absolute atomic E-state index is 14.2. The number of pyridine rings is 1. The molecule has 0 unspecified atom stereocenters. The number of aromatic nitrogens is 2. The van der Waals surface area contributed by atoms with Crippen LogP contribution in [0.4, 0.5) is 10.2 Å². The number of nitrogens with one attached hydrogen (secondary N) is 1. The minimum absolute atomic E-state index is 0.170. The van der Waals surface area contributed by atoms with Crippen molar-refractivity contribution in [1.29, 1.82) is 0 Å².